The molecule has 0 aliphatic heterocycles. The van der Waals surface area contributed by atoms with Crippen molar-refractivity contribution in [3.05, 3.63) is 162 Å². The summed E-state index contributed by atoms with van der Waals surface area (Å²) in [4.78, 5) is 13.2. The van der Waals surface area contributed by atoms with Crippen molar-refractivity contribution in [3.63, 3.8) is 0 Å². The number of para-hydroxylation sites is 3. The molecule has 1 aliphatic rings. The highest BCUT2D eigenvalue weighted by molar-refractivity contribution is 6.14. The molecule has 0 saturated carbocycles. The molecule has 0 unspecified atom stereocenters. The molecule has 2 aromatic heterocycles. The lowest BCUT2D eigenvalue weighted by Crippen LogP contribution is -2.17. The summed E-state index contributed by atoms with van der Waals surface area (Å²) in [6, 6.07) is 48.1. The molecule has 0 spiro atoms. The lowest BCUT2D eigenvalue weighted by molar-refractivity contribution is 0.666. The summed E-state index contributed by atoms with van der Waals surface area (Å²) in [7, 11) is 0. The van der Waals surface area contributed by atoms with Gasteiger partial charge in [-0.3, -0.25) is 5.41 Å². The predicted octanol–water partition coefficient (Wildman–Crippen LogP) is 9.56. The molecule has 5 nitrogen and oxygen atoms in total. The number of hydrogen-bond donors (Lipinski definition) is 2. The highest BCUT2D eigenvalue weighted by atomic mass is 15.0. The van der Waals surface area contributed by atoms with Crippen molar-refractivity contribution in [1.82, 2.24) is 14.5 Å². The van der Waals surface area contributed by atoms with E-state index in [1.807, 2.05) is 66.7 Å². The van der Waals surface area contributed by atoms with E-state index in [2.05, 4.69) is 96.2 Å². The van der Waals surface area contributed by atoms with E-state index >= 15 is 0 Å². The van der Waals surface area contributed by atoms with Crippen LogP contribution in [0.4, 0.5) is 0 Å². The number of amidine groups is 1. The van der Waals surface area contributed by atoms with Crippen LogP contribution in [0.15, 0.2) is 145 Å². The highest BCUT2D eigenvalue weighted by Gasteiger charge is 2.37. The second-order valence-corrected chi connectivity index (χ2v) is 12.7. The van der Waals surface area contributed by atoms with E-state index in [0.29, 0.717) is 11.2 Å². The lowest BCUT2D eigenvalue weighted by atomic mass is 9.80. The Morgan fingerprint density at radius 1 is 0.723 bits per heavy atom. The van der Waals surface area contributed by atoms with Crippen molar-refractivity contribution in [2.24, 2.45) is 4.99 Å². The molecule has 47 heavy (non-hydrogen) atoms. The Bertz CT molecular complexity index is 2620. The fourth-order valence-electron chi connectivity index (χ4n) is 7.49. The first-order valence-electron chi connectivity index (χ1n) is 15.9. The minimum atomic E-state index is -0.135. The van der Waals surface area contributed by atoms with E-state index in [1.165, 1.54) is 33.0 Å². The van der Waals surface area contributed by atoms with Crippen molar-refractivity contribution in [2.45, 2.75) is 19.3 Å². The van der Waals surface area contributed by atoms with Gasteiger partial charge in [0.1, 0.15) is 5.69 Å². The summed E-state index contributed by atoms with van der Waals surface area (Å²) < 4.78 is 2.33. The van der Waals surface area contributed by atoms with Gasteiger partial charge in [-0.1, -0.05) is 117 Å². The Balaban J connectivity index is 1.22. The van der Waals surface area contributed by atoms with Crippen molar-refractivity contribution >= 4 is 38.7 Å². The van der Waals surface area contributed by atoms with Gasteiger partial charge in [0.2, 0.25) is 0 Å². The predicted molar refractivity (Wildman–Crippen MR) is 192 cm³/mol. The second-order valence-electron chi connectivity index (χ2n) is 12.7. The van der Waals surface area contributed by atoms with Crippen LogP contribution in [0.1, 0.15) is 30.5 Å². The number of aromatic amines is 1. The van der Waals surface area contributed by atoms with Gasteiger partial charge in [0.05, 0.1) is 22.1 Å². The van der Waals surface area contributed by atoms with Crippen LogP contribution in [0.5, 0.6) is 0 Å². The molecule has 224 valence electrons. The first kappa shape index (κ1) is 27.3. The standard InChI is InChI=1S/C42H31N5/c1-42(2)32-19-8-6-17-29(32)30-23-24-36-37(38(30)42)31-18-7-11-22-35(31)47(36)28-16-12-15-27(25-28)40(43)46-41-39(26-13-4-3-5-14-26)44-33-20-9-10-21-34(33)45-41/h3-25H,1-2H3,(H2,43,45,46). The number of aromatic nitrogens is 3. The largest absolute Gasteiger partial charge is 0.337 e. The molecule has 0 amide bonds. The molecule has 1 aliphatic carbocycles. The van der Waals surface area contributed by atoms with Gasteiger partial charge in [-0.2, -0.15) is 0 Å². The van der Waals surface area contributed by atoms with E-state index in [4.69, 9.17) is 9.98 Å². The lowest BCUT2D eigenvalue weighted by Gasteiger charge is -2.22. The van der Waals surface area contributed by atoms with E-state index in [-0.39, 0.29) is 11.3 Å². The van der Waals surface area contributed by atoms with E-state index in [9.17, 15) is 5.41 Å². The average Bonchev–Trinajstić information content (AvgIpc) is 3.57. The molecule has 6 aromatic carbocycles. The third-order valence-electron chi connectivity index (χ3n) is 9.62. The van der Waals surface area contributed by atoms with Gasteiger partial charge in [-0.05, 0) is 58.7 Å². The minimum absolute atomic E-state index is 0.135. The summed E-state index contributed by atoms with van der Waals surface area (Å²) in [6.07, 6.45) is 0. The van der Waals surface area contributed by atoms with Gasteiger partial charge in [0, 0.05) is 33.0 Å². The Hall–Kier alpha value is -6.07. The van der Waals surface area contributed by atoms with Gasteiger partial charge in [0.25, 0.3) is 0 Å². The van der Waals surface area contributed by atoms with Gasteiger partial charge in [-0.25, -0.2) is 9.98 Å². The Labute approximate surface area is 272 Å². The Morgan fingerprint density at radius 2 is 1.49 bits per heavy atom. The first-order valence-corrected chi connectivity index (χ1v) is 15.9. The maximum atomic E-state index is 9.19. The maximum Gasteiger partial charge on any atom is 0.159 e. The summed E-state index contributed by atoms with van der Waals surface area (Å²) >= 11 is 0. The third kappa shape index (κ3) is 4.13. The van der Waals surface area contributed by atoms with E-state index in [1.54, 1.807) is 0 Å². The topological polar surface area (TPSA) is 69.8 Å². The van der Waals surface area contributed by atoms with E-state index in [0.717, 1.165) is 38.9 Å². The number of rotatable bonds is 3. The molecule has 0 bridgehead atoms. The average molecular weight is 606 g/mol. The van der Waals surface area contributed by atoms with Gasteiger partial charge < -0.3 is 9.55 Å². The molecule has 0 radical (unpaired) electrons. The molecular formula is C42H31N5. The van der Waals surface area contributed by atoms with Crippen LogP contribution >= 0.6 is 0 Å². The smallest absolute Gasteiger partial charge is 0.159 e. The summed E-state index contributed by atoms with van der Waals surface area (Å²) in [5.74, 6) is 0.163. The van der Waals surface area contributed by atoms with Crippen LogP contribution in [0.25, 0.3) is 60.9 Å². The third-order valence-corrected chi connectivity index (χ3v) is 9.62. The summed E-state index contributed by atoms with van der Waals surface area (Å²) in [5.41, 5.74) is 13.2. The molecule has 9 rings (SSSR count). The van der Waals surface area contributed by atoms with Crippen LogP contribution in [0, 0.1) is 5.41 Å². The SMILES string of the molecule is CC1(C)c2ccccc2-c2ccc3c(c21)c1ccccc1n3-c1cccc(C(=N)N=c2[nH]c3ccccc3nc2-c2ccccc2)c1. The number of fused-ring (bicyclic) bond motifs is 8. The highest BCUT2D eigenvalue weighted by Crippen LogP contribution is 2.53. The quantitative estimate of drug-likeness (QED) is 0.153. The summed E-state index contributed by atoms with van der Waals surface area (Å²) in [5, 5.41) is 11.7. The number of H-pyrrole nitrogens is 1. The number of nitrogens with zero attached hydrogens (tertiary/aromatic N) is 3. The van der Waals surface area contributed by atoms with Gasteiger partial charge in [0.15, 0.2) is 11.3 Å². The van der Waals surface area contributed by atoms with Gasteiger partial charge >= 0.3 is 0 Å². The van der Waals surface area contributed by atoms with Crippen LogP contribution in [0.3, 0.4) is 0 Å². The van der Waals surface area contributed by atoms with Crippen LogP contribution in [-0.4, -0.2) is 20.4 Å². The molecule has 0 atom stereocenters. The number of nitrogens with one attached hydrogen (secondary N) is 2. The Morgan fingerprint density at radius 3 is 2.38 bits per heavy atom. The fraction of sp³-hybridized carbons (Fsp3) is 0.0714. The molecule has 2 heterocycles. The summed E-state index contributed by atoms with van der Waals surface area (Å²) in [6.45, 7) is 4.68. The minimum Gasteiger partial charge on any atom is -0.337 e. The van der Waals surface area contributed by atoms with Crippen molar-refractivity contribution < 1.29 is 0 Å². The van der Waals surface area contributed by atoms with E-state index < -0.39 is 0 Å². The monoisotopic (exact) mass is 605 g/mol. The van der Waals surface area contributed by atoms with Crippen molar-refractivity contribution in [2.75, 3.05) is 0 Å². The second kappa shape index (κ2) is 10.2. The van der Waals surface area contributed by atoms with Crippen molar-refractivity contribution in [1.29, 1.82) is 5.41 Å². The van der Waals surface area contributed by atoms with Crippen LogP contribution in [0.2, 0.25) is 0 Å². The zero-order valence-corrected chi connectivity index (χ0v) is 26.1. The molecule has 8 aromatic rings. The maximum absolute atomic E-state index is 9.19. The Kier molecular flexibility index (Phi) is 5.93. The molecular weight excluding hydrogens is 574 g/mol. The zero-order valence-electron chi connectivity index (χ0n) is 26.1. The zero-order chi connectivity index (χ0) is 31.7. The molecule has 5 heteroatoms. The molecule has 0 fully saturated rings. The molecule has 0 saturated heterocycles. The van der Waals surface area contributed by atoms with Gasteiger partial charge in [-0.15, -0.1) is 0 Å². The van der Waals surface area contributed by atoms with Crippen molar-refractivity contribution in [3.8, 4) is 28.1 Å². The molecule has 2 N–H and O–H groups in total. The van der Waals surface area contributed by atoms with Crippen LogP contribution in [-0.2, 0) is 5.41 Å². The first-order chi connectivity index (χ1) is 23.0. The fourth-order valence-corrected chi connectivity index (χ4v) is 7.49. The number of benzene rings is 6. The number of hydrogen-bond acceptors (Lipinski definition) is 2. The normalized spacial score (nSPS) is 13.7. The van der Waals surface area contributed by atoms with Crippen LogP contribution < -0.4 is 5.49 Å².